The van der Waals surface area contributed by atoms with E-state index in [-0.39, 0.29) is 5.91 Å². The summed E-state index contributed by atoms with van der Waals surface area (Å²) >= 11 is 0. The van der Waals surface area contributed by atoms with E-state index < -0.39 is 0 Å². The number of hydrogen-bond donors (Lipinski definition) is 1. The molecule has 0 heterocycles. The Balaban J connectivity index is 2.00. The van der Waals surface area contributed by atoms with Crippen LogP contribution in [-0.2, 0) is 4.79 Å². The van der Waals surface area contributed by atoms with Crippen molar-refractivity contribution >= 4 is 17.3 Å². The normalized spacial score (nSPS) is 10.2. The number of nitrogens with zero attached hydrogens (tertiary/aromatic N) is 1. The fourth-order valence-corrected chi connectivity index (χ4v) is 2.66. The molecule has 0 bridgehead atoms. The number of anilines is 2. The maximum absolute atomic E-state index is 12.4. The summed E-state index contributed by atoms with van der Waals surface area (Å²) in [6, 6.07) is 13.6. The molecule has 134 valence electrons. The lowest BCUT2D eigenvalue weighted by Gasteiger charge is -2.23. The second kappa shape index (κ2) is 8.97. The van der Waals surface area contributed by atoms with Crippen molar-refractivity contribution in [1.82, 2.24) is 0 Å². The Morgan fingerprint density at radius 3 is 2.56 bits per heavy atom. The van der Waals surface area contributed by atoms with Crippen LogP contribution in [0.15, 0.2) is 42.5 Å². The number of benzene rings is 2. The van der Waals surface area contributed by atoms with Crippen LogP contribution in [0.3, 0.4) is 0 Å². The van der Waals surface area contributed by atoms with Crippen LogP contribution in [0.25, 0.3) is 0 Å². The molecule has 1 amide bonds. The fourth-order valence-electron chi connectivity index (χ4n) is 2.66. The van der Waals surface area contributed by atoms with E-state index in [0.29, 0.717) is 30.2 Å². The summed E-state index contributed by atoms with van der Waals surface area (Å²) in [6.07, 6.45) is 0.391. The average Bonchev–Trinajstić information content (AvgIpc) is 2.62. The lowest BCUT2D eigenvalue weighted by atomic mass is 10.2. The fraction of sp³-hybridized carbons (Fsp3) is 0.350. The first-order valence-electron chi connectivity index (χ1n) is 8.40. The number of rotatable bonds is 8. The third-order valence-corrected chi connectivity index (χ3v) is 4.04. The molecule has 0 radical (unpaired) electrons. The highest BCUT2D eigenvalue weighted by molar-refractivity contribution is 5.92. The molecule has 2 rings (SSSR count). The van der Waals surface area contributed by atoms with Gasteiger partial charge in [-0.15, -0.1) is 0 Å². The van der Waals surface area contributed by atoms with E-state index in [1.807, 2.05) is 6.07 Å². The van der Waals surface area contributed by atoms with Crippen LogP contribution in [0.5, 0.6) is 11.5 Å². The molecule has 0 aliphatic heterocycles. The van der Waals surface area contributed by atoms with Crippen molar-refractivity contribution in [3.8, 4) is 11.5 Å². The molecule has 0 unspecified atom stereocenters. The van der Waals surface area contributed by atoms with Gasteiger partial charge in [-0.05, 0) is 43.7 Å². The van der Waals surface area contributed by atoms with Crippen LogP contribution in [0, 0.1) is 6.92 Å². The van der Waals surface area contributed by atoms with E-state index in [9.17, 15) is 4.79 Å². The Morgan fingerprint density at radius 2 is 1.92 bits per heavy atom. The molecule has 0 saturated heterocycles. The van der Waals surface area contributed by atoms with Crippen LogP contribution < -0.4 is 19.7 Å². The minimum absolute atomic E-state index is 0.0577. The zero-order valence-corrected chi connectivity index (χ0v) is 15.3. The van der Waals surface area contributed by atoms with Gasteiger partial charge in [0.15, 0.2) is 0 Å². The van der Waals surface area contributed by atoms with Crippen molar-refractivity contribution < 1.29 is 14.3 Å². The van der Waals surface area contributed by atoms with Crippen molar-refractivity contribution in [2.45, 2.75) is 20.3 Å². The SMILES string of the molecule is CCN(CCC(=O)Nc1cc(OC)ccc1OC)c1cccc(C)c1. The largest absolute Gasteiger partial charge is 0.497 e. The van der Waals surface area contributed by atoms with Gasteiger partial charge in [0.05, 0.1) is 19.9 Å². The highest BCUT2D eigenvalue weighted by Gasteiger charge is 2.11. The van der Waals surface area contributed by atoms with Gasteiger partial charge in [-0.25, -0.2) is 0 Å². The first-order valence-corrected chi connectivity index (χ1v) is 8.40. The molecule has 25 heavy (non-hydrogen) atoms. The van der Waals surface area contributed by atoms with Crippen molar-refractivity contribution in [3.05, 3.63) is 48.0 Å². The van der Waals surface area contributed by atoms with Crippen molar-refractivity contribution in [1.29, 1.82) is 0 Å². The summed E-state index contributed by atoms with van der Waals surface area (Å²) in [4.78, 5) is 14.6. The number of amides is 1. The predicted octanol–water partition coefficient (Wildman–Crippen LogP) is 3.87. The minimum Gasteiger partial charge on any atom is -0.497 e. The number of hydrogen-bond acceptors (Lipinski definition) is 4. The van der Waals surface area contributed by atoms with Gasteiger partial charge in [0.2, 0.25) is 5.91 Å². The van der Waals surface area contributed by atoms with Gasteiger partial charge in [0, 0.05) is 31.3 Å². The van der Waals surface area contributed by atoms with Gasteiger partial charge in [0.25, 0.3) is 0 Å². The number of carbonyl (C=O) groups is 1. The quantitative estimate of drug-likeness (QED) is 0.791. The second-order valence-electron chi connectivity index (χ2n) is 5.78. The van der Waals surface area contributed by atoms with Crippen molar-refractivity contribution in [2.75, 3.05) is 37.5 Å². The topological polar surface area (TPSA) is 50.8 Å². The monoisotopic (exact) mass is 342 g/mol. The molecule has 0 spiro atoms. The highest BCUT2D eigenvalue weighted by atomic mass is 16.5. The first kappa shape index (κ1) is 18.6. The zero-order chi connectivity index (χ0) is 18.2. The first-order chi connectivity index (χ1) is 12.1. The molecule has 5 nitrogen and oxygen atoms in total. The predicted molar refractivity (Wildman–Crippen MR) is 102 cm³/mol. The smallest absolute Gasteiger partial charge is 0.226 e. The molecule has 1 N–H and O–H groups in total. The van der Waals surface area contributed by atoms with Crippen LogP contribution in [0.1, 0.15) is 18.9 Å². The van der Waals surface area contributed by atoms with E-state index in [2.05, 4.69) is 42.3 Å². The minimum atomic E-state index is -0.0577. The molecule has 2 aromatic carbocycles. The van der Waals surface area contributed by atoms with E-state index in [4.69, 9.17) is 9.47 Å². The summed E-state index contributed by atoms with van der Waals surface area (Å²) in [6.45, 7) is 5.65. The van der Waals surface area contributed by atoms with E-state index >= 15 is 0 Å². The summed E-state index contributed by atoms with van der Waals surface area (Å²) in [7, 11) is 3.17. The lowest BCUT2D eigenvalue weighted by molar-refractivity contribution is -0.116. The number of carbonyl (C=O) groups excluding carboxylic acids is 1. The van der Waals surface area contributed by atoms with Crippen molar-refractivity contribution in [2.24, 2.45) is 0 Å². The third kappa shape index (κ3) is 5.14. The molecule has 0 saturated carbocycles. The maximum Gasteiger partial charge on any atom is 0.226 e. The summed E-state index contributed by atoms with van der Waals surface area (Å²) in [5.41, 5.74) is 2.96. The Morgan fingerprint density at radius 1 is 1.12 bits per heavy atom. The van der Waals surface area contributed by atoms with Gasteiger partial charge >= 0.3 is 0 Å². The van der Waals surface area contributed by atoms with Gasteiger partial charge in [-0.1, -0.05) is 12.1 Å². The van der Waals surface area contributed by atoms with Crippen molar-refractivity contribution in [3.63, 3.8) is 0 Å². The Hall–Kier alpha value is -2.69. The molecule has 0 atom stereocenters. The maximum atomic E-state index is 12.4. The molecular weight excluding hydrogens is 316 g/mol. The van der Waals surface area contributed by atoms with Gasteiger partial charge in [0.1, 0.15) is 11.5 Å². The number of nitrogens with one attached hydrogen (secondary N) is 1. The van der Waals surface area contributed by atoms with Crippen LogP contribution in [-0.4, -0.2) is 33.2 Å². The lowest BCUT2D eigenvalue weighted by Crippen LogP contribution is -2.27. The second-order valence-corrected chi connectivity index (χ2v) is 5.78. The molecule has 0 fully saturated rings. The third-order valence-electron chi connectivity index (χ3n) is 4.04. The number of aryl methyl sites for hydroxylation is 1. The number of methoxy groups -OCH3 is 2. The van der Waals surface area contributed by atoms with Gasteiger partial charge < -0.3 is 19.7 Å². The van der Waals surface area contributed by atoms with Crippen LogP contribution in [0.2, 0.25) is 0 Å². The summed E-state index contributed by atoms with van der Waals surface area (Å²) < 4.78 is 10.5. The van der Waals surface area contributed by atoms with Crippen LogP contribution in [0.4, 0.5) is 11.4 Å². The molecule has 0 aromatic heterocycles. The van der Waals surface area contributed by atoms with E-state index in [1.54, 1.807) is 32.4 Å². The molecule has 5 heteroatoms. The van der Waals surface area contributed by atoms with Crippen LogP contribution >= 0.6 is 0 Å². The zero-order valence-electron chi connectivity index (χ0n) is 15.3. The molecule has 0 aliphatic rings. The molecule has 0 aliphatic carbocycles. The summed E-state index contributed by atoms with van der Waals surface area (Å²) in [5, 5.41) is 2.91. The Kier molecular flexibility index (Phi) is 6.69. The Labute approximate surface area is 149 Å². The van der Waals surface area contributed by atoms with E-state index in [0.717, 1.165) is 12.2 Å². The highest BCUT2D eigenvalue weighted by Crippen LogP contribution is 2.29. The Bertz CT molecular complexity index is 716. The van der Waals surface area contributed by atoms with E-state index in [1.165, 1.54) is 5.56 Å². The van der Waals surface area contributed by atoms with Gasteiger partial charge in [-0.2, -0.15) is 0 Å². The van der Waals surface area contributed by atoms with Gasteiger partial charge in [-0.3, -0.25) is 4.79 Å². The standard InChI is InChI=1S/C20H26N2O3/c1-5-22(16-8-6-7-15(2)13-16)12-11-20(23)21-18-14-17(24-3)9-10-19(18)25-4/h6-10,13-14H,5,11-12H2,1-4H3,(H,21,23). The average molecular weight is 342 g/mol. The molecule has 2 aromatic rings. The number of ether oxygens (including phenoxy) is 2. The summed E-state index contributed by atoms with van der Waals surface area (Å²) in [5.74, 6) is 1.23. The molecular formula is C20H26N2O3.